The van der Waals surface area contributed by atoms with Gasteiger partial charge in [-0.1, -0.05) is 0 Å². The number of nitrogens with zero attached hydrogens (tertiary/aromatic N) is 1. The van der Waals surface area contributed by atoms with Crippen LogP contribution >= 0.6 is 0 Å². The molecule has 0 fully saturated rings. The Hall–Kier alpha value is -2.84. The predicted molar refractivity (Wildman–Crippen MR) is 59.1 cm³/mol. The molecule has 2 N–H and O–H groups in total. The Morgan fingerprint density at radius 1 is 1.26 bits per heavy atom. The number of aromatic nitrogens is 1. The monoisotopic (exact) mass is 270 g/mol. The van der Waals surface area contributed by atoms with Crippen molar-refractivity contribution in [2.45, 2.75) is 0 Å². The molecule has 7 nitrogen and oxygen atoms in total. The Labute approximate surface area is 101 Å². The molecule has 0 saturated heterocycles. The smallest absolute Gasteiger partial charge is 0.320 e. The van der Waals surface area contributed by atoms with E-state index in [-0.39, 0.29) is 0 Å². The number of halogens is 2. The molecule has 1 aromatic carbocycles. The van der Waals surface area contributed by atoms with E-state index in [4.69, 9.17) is 0 Å². The van der Waals surface area contributed by atoms with E-state index in [0.717, 1.165) is 0 Å². The van der Waals surface area contributed by atoms with E-state index in [1.165, 1.54) is 0 Å². The first kappa shape index (κ1) is 12.6. The first-order chi connectivity index (χ1) is 8.82. The molecule has 0 amide bonds. The third kappa shape index (κ3) is 1.90. The average molecular weight is 270 g/mol. The van der Waals surface area contributed by atoms with Gasteiger partial charge in [0.15, 0.2) is 5.82 Å². The molecule has 0 saturated carbocycles. The Morgan fingerprint density at radius 3 is 2.47 bits per heavy atom. The van der Waals surface area contributed by atoms with Gasteiger partial charge in [0.25, 0.3) is 5.56 Å². The van der Waals surface area contributed by atoms with Crippen molar-refractivity contribution < 1.29 is 18.8 Å². The maximum atomic E-state index is 13.4. The number of H-pyrrole nitrogens is 1. The van der Waals surface area contributed by atoms with Gasteiger partial charge in [0.2, 0.25) is 11.2 Å². The molecule has 1 aromatic heterocycles. The third-order valence-electron chi connectivity index (χ3n) is 2.37. The van der Waals surface area contributed by atoms with Gasteiger partial charge < -0.3 is 10.1 Å². The Kier molecular flexibility index (Phi) is 2.74. The number of hydrogen-bond donors (Lipinski definition) is 2. The summed E-state index contributed by atoms with van der Waals surface area (Å²) in [6.07, 6.45) is 0. The van der Waals surface area contributed by atoms with Crippen LogP contribution in [0.25, 0.3) is 10.9 Å². The summed E-state index contributed by atoms with van der Waals surface area (Å²) < 4.78 is 26.6. The van der Waals surface area contributed by atoms with Crippen molar-refractivity contribution in [1.82, 2.24) is 4.98 Å². The molecule has 0 spiro atoms. The van der Waals surface area contributed by atoms with E-state index in [2.05, 4.69) is 0 Å². The highest BCUT2D eigenvalue weighted by molar-refractivity contribution is 5.92. The van der Waals surface area contributed by atoms with E-state index in [0.29, 0.717) is 12.1 Å². The molecule has 0 unspecified atom stereocenters. The van der Waals surface area contributed by atoms with Crippen LogP contribution in [0, 0.1) is 21.7 Å². The van der Waals surface area contributed by atoms with Crippen molar-refractivity contribution in [1.29, 1.82) is 0 Å². The summed E-state index contributed by atoms with van der Waals surface area (Å²) >= 11 is 0. The summed E-state index contributed by atoms with van der Waals surface area (Å²) in [4.78, 5) is 33.7. The highest BCUT2D eigenvalue weighted by Crippen LogP contribution is 2.33. The fourth-order valence-electron chi connectivity index (χ4n) is 1.59. The molecule has 0 radical (unpaired) electrons. The van der Waals surface area contributed by atoms with Crippen LogP contribution in [0.2, 0.25) is 0 Å². The lowest BCUT2D eigenvalue weighted by atomic mass is 10.1. The number of fused-ring (bicyclic) bond motifs is 1. The molecule has 1 heterocycles. The fourth-order valence-corrected chi connectivity index (χ4v) is 1.59. The first-order valence-electron chi connectivity index (χ1n) is 4.75. The topological polar surface area (TPSA) is 113 Å². The van der Waals surface area contributed by atoms with Crippen LogP contribution in [-0.4, -0.2) is 15.0 Å². The highest BCUT2D eigenvalue weighted by Gasteiger charge is 2.26. The lowest BCUT2D eigenvalue weighted by Gasteiger charge is -2.00. The minimum Gasteiger partial charge on any atom is -0.507 e. The first-order valence-corrected chi connectivity index (χ1v) is 4.75. The van der Waals surface area contributed by atoms with E-state index in [1.54, 1.807) is 0 Å². The lowest BCUT2D eigenvalue weighted by Crippen LogP contribution is -2.22. The maximum Gasteiger partial charge on any atom is 0.320 e. The van der Waals surface area contributed by atoms with Crippen molar-refractivity contribution in [3.63, 3.8) is 0 Å². The summed E-state index contributed by atoms with van der Waals surface area (Å²) in [6, 6.07) is 0.837. The molecule has 0 bridgehead atoms. The molecular formula is C10H4F2N2O5. The normalized spacial score (nSPS) is 10.6. The summed E-state index contributed by atoms with van der Waals surface area (Å²) in [5.74, 6) is -4.39. The van der Waals surface area contributed by atoms with Gasteiger partial charge in [-0.2, -0.15) is 4.39 Å². The zero-order chi connectivity index (χ0) is 14.3. The number of nitrogens with one attached hydrogen (secondary N) is 1. The van der Waals surface area contributed by atoms with Crippen LogP contribution in [0.3, 0.4) is 0 Å². The van der Waals surface area contributed by atoms with Gasteiger partial charge in [0.05, 0.1) is 10.4 Å². The largest absolute Gasteiger partial charge is 0.507 e. The van der Waals surface area contributed by atoms with Crippen molar-refractivity contribution in [2.75, 3.05) is 0 Å². The number of nitro groups is 1. The van der Waals surface area contributed by atoms with E-state index < -0.39 is 49.9 Å². The standard InChI is InChI=1S/C10H4F2N2O5/c11-3-1-4-7(9(8(3)12)14(18)19)5(15)2-6(16)10(17)13-4/h1-2,15H,(H,13,16,17). The van der Waals surface area contributed by atoms with Gasteiger partial charge in [-0.05, 0) is 0 Å². The number of nitro benzene ring substituents is 1. The van der Waals surface area contributed by atoms with Crippen LogP contribution in [0.1, 0.15) is 0 Å². The van der Waals surface area contributed by atoms with Gasteiger partial charge in [-0.15, -0.1) is 0 Å². The van der Waals surface area contributed by atoms with Gasteiger partial charge in [-0.25, -0.2) is 4.39 Å². The molecular weight excluding hydrogens is 266 g/mol. The maximum absolute atomic E-state index is 13.4. The molecule has 0 aliphatic heterocycles. The summed E-state index contributed by atoms with van der Waals surface area (Å²) in [7, 11) is 0. The molecule has 98 valence electrons. The Balaban J connectivity index is 3.23. The number of rotatable bonds is 1. The van der Waals surface area contributed by atoms with Gasteiger partial charge in [0.1, 0.15) is 11.1 Å². The SMILES string of the molecule is O=c1cc(O)c2c([N+](=O)[O-])c(F)c(F)cc2[nH]c1=O. The minimum atomic E-state index is -1.80. The summed E-state index contributed by atoms with van der Waals surface area (Å²) in [5.41, 5.74) is -4.36. The molecule has 2 aromatic rings. The van der Waals surface area contributed by atoms with E-state index >= 15 is 0 Å². The molecule has 0 aliphatic carbocycles. The molecule has 9 heteroatoms. The van der Waals surface area contributed by atoms with Crippen molar-refractivity contribution in [3.8, 4) is 5.75 Å². The average Bonchev–Trinajstić information content (AvgIpc) is 2.40. The number of benzene rings is 1. The van der Waals surface area contributed by atoms with Crippen LogP contribution in [-0.2, 0) is 0 Å². The zero-order valence-corrected chi connectivity index (χ0v) is 8.94. The second kappa shape index (κ2) is 4.12. The van der Waals surface area contributed by atoms with Crippen molar-refractivity contribution >= 4 is 16.6 Å². The zero-order valence-electron chi connectivity index (χ0n) is 8.94. The van der Waals surface area contributed by atoms with Crippen LogP contribution in [0.4, 0.5) is 14.5 Å². The predicted octanol–water partition coefficient (Wildman–Crippen LogP) is 0.780. The Morgan fingerprint density at radius 2 is 1.89 bits per heavy atom. The second-order valence-electron chi connectivity index (χ2n) is 3.55. The second-order valence-corrected chi connectivity index (χ2v) is 3.55. The fraction of sp³-hybridized carbons (Fsp3) is 0. The molecule has 0 aliphatic rings. The van der Waals surface area contributed by atoms with Crippen molar-refractivity contribution in [2.24, 2.45) is 0 Å². The van der Waals surface area contributed by atoms with Gasteiger partial charge >= 0.3 is 5.69 Å². The Bertz CT molecular complexity index is 831. The van der Waals surface area contributed by atoms with Crippen LogP contribution < -0.4 is 11.0 Å². The quantitative estimate of drug-likeness (QED) is 0.451. The van der Waals surface area contributed by atoms with E-state index in [9.17, 15) is 33.6 Å². The lowest BCUT2D eigenvalue weighted by molar-refractivity contribution is -0.386. The third-order valence-corrected chi connectivity index (χ3v) is 2.37. The minimum absolute atomic E-state index is 0.394. The molecule has 2 rings (SSSR count). The van der Waals surface area contributed by atoms with Crippen LogP contribution in [0.15, 0.2) is 21.7 Å². The van der Waals surface area contributed by atoms with Crippen LogP contribution in [0.5, 0.6) is 5.75 Å². The number of hydrogen-bond acceptors (Lipinski definition) is 5. The highest BCUT2D eigenvalue weighted by atomic mass is 19.2. The van der Waals surface area contributed by atoms with Crippen molar-refractivity contribution in [3.05, 3.63) is 54.5 Å². The number of aromatic hydroxyl groups is 1. The van der Waals surface area contributed by atoms with Gasteiger partial charge in [-0.3, -0.25) is 19.7 Å². The van der Waals surface area contributed by atoms with E-state index in [1.807, 2.05) is 4.98 Å². The van der Waals surface area contributed by atoms with Gasteiger partial charge in [0, 0.05) is 12.1 Å². The molecule has 19 heavy (non-hydrogen) atoms. The molecule has 0 atom stereocenters. The number of aromatic amines is 1. The summed E-state index contributed by atoms with van der Waals surface area (Å²) in [6.45, 7) is 0. The summed E-state index contributed by atoms with van der Waals surface area (Å²) in [5, 5.41) is 19.5.